The Balaban J connectivity index is 0.00000288. The third-order valence-corrected chi connectivity index (χ3v) is 3.54. The van der Waals surface area contributed by atoms with E-state index in [2.05, 4.69) is 12.2 Å². The summed E-state index contributed by atoms with van der Waals surface area (Å²) in [5.74, 6) is -0.000879. The lowest BCUT2D eigenvalue weighted by Gasteiger charge is -2.11. The number of ether oxygens (including phenoxy) is 1. The Morgan fingerprint density at radius 1 is 1.08 bits per heavy atom. The first-order chi connectivity index (χ1) is 11.2. The lowest BCUT2D eigenvalue weighted by molar-refractivity contribution is -0.120. The third-order valence-electron chi connectivity index (χ3n) is 3.54. The minimum atomic E-state index is -0.000879. The van der Waals surface area contributed by atoms with Crippen LogP contribution >= 0.6 is 12.4 Å². The molecule has 0 aliphatic rings. The average Bonchev–Trinajstić information content (AvgIpc) is 2.56. The molecule has 130 valence electrons. The Morgan fingerprint density at radius 2 is 1.75 bits per heavy atom. The highest BCUT2D eigenvalue weighted by Crippen LogP contribution is 2.11. The first kappa shape index (κ1) is 20.0. The Hall–Kier alpha value is -2.04. The topological polar surface area (TPSA) is 64.3 Å². The van der Waals surface area contributed by atoms with Crippen molar-refractivity contribution in [2.45, 2.75) is 32.9 Å². The zero-order valence-electron chi connectivity index (χ0n) is 14.0. The van der Waals surface area contributed by atoms with E-state index in [4.69, 9.17) is 10.5 Å². The molecule has 24 heavy (non-hydrogen) atoms. The van der Waals surface area contributed by atoms with Crippen molar-refractivity contribution in [2.75, 3.05) is 12.3 Å². The predicted octanol–water partition coefficient (Wildman–Crippen LogP) is 3.48. The van der Waals surface area contributed by atoms with Gasteiger partial charge < -0.3 is 15.8 Å². The first-order valence-electron chi connectivity index (χ1n) is 7.94. The van der Waals surface area contributed by atoms with Gasteiger partial charge in [-0.1, -0.05) is 43.3 Å². The van der Waals surface area contributed by atoms with Crippen LogP contribution in [0.25, 0.3) is 0 Å². The summed E-state index contributed by atoms with van der Waals surface area (Å²) >= 11 is 0. The number of nitrogens with two attached hydrogens (primary N) is 1. The lowest BCUT2D eigenvalue weighted by Crippen LogP contribution is -2.25. The van der Waals surface area contributed by atoms with E-state index in [-0.39, 0.29) is 18.3 Å². The zero-order valence-corrected chi connectivity index (χ0v) is 14.8. The molecule has 5 heteroatoms. The summed E-state index contributed by atoms with van der Waals surface area (Å²) in [6, 6.07) is 15.4. The van der Waals surface area contributed by atoms with E-state index in [0.717, 1.165) is 29.7 Å². The normalized spacial score (nSPS) is 10.0. The van der Waals surface area contributed by atoms with Crippen LogP contribution in [0.4, 0.5) is 5.69 Å². The maximum atomic E-state index is 12.1. The van der Waals surface area contributed by atoms with E-state index >= 15 is 0 Å². The van der Waals surface area contributed by atoms with Crippen LogP contribution in [-0.4, -0.2) is 12.5 Å². The standard InChI is InChI=1S/C19H24N2O2.ClH/c1-2-11-23-14-17-6-4-3-5-16(17)13-21-19(22)12-15-7-9-18(20)10-8-15;/h3-10H,2,11-14,20H2,1H3,(H,21,22);1H. The van der Waals surface area contributed by atoms with Gasteiger partial charge in [-0.05, 0) is 35.2 Å². The second kappa shape index (κ2) is 10.7. The van der Waals surface area contributed by atoms with E-state index in [9.17, 15) is 4.79 Å². The average molecular weight is 349 g/mol. The van der Waals surface area contributed by atoms with Gasteiger partial charge in [0.05, 0.1) is 13.0 Å². The van der Waals surface area contributed by atoms with Crippen LogP contribution in [0.1, 0.15) is 30.0 Å². The molecule has 4 nitrogen and oxygen atoms in total. The Morgan fingerprint density at radius 3 is 2.42 bits per heavy atom. The number of hydrogen-bond acceptors (Lipinski definition) is 3. The molecule has 0 aliphatic carbocycles. The molecule has 2 aromatic rings. The van der Waals surface area contributed by atoms with Crippen LogP contribution in [-0.2, 0) is 29.1 Å². The van der Waals surface area contributed by atoms with Crippen molar-refractivity contribution >= 4 is 24.0 Å². The van der Waals surface area contributed by atoms with Gasteiger partial charge in [0.15, 0.2) is 0 Å². The fraction of sp³-hybridized carbons (Fsp3) is 0.316. The number of nitrogens with one attached hydrogen (secondary N) is 1. The minimum Gasteiger partial charge on any atom is -0.399 e. The van der Waals surface area contributed by atoms with E-state index in [1.807, 2.05) is 48.5 Å². The summed E-state index contributed by atoms with van der Waals surface area (Å²) in [6.07, 6.45) is 1.36. The molecule has 0 bridgehead atoms. The molecule has 0 atom stereocenters. The summed E-state index contributed by atoms with van der Waals surface area (Å²) in [5.41, 5.74) is 9.52. The number of benzene rings is 2. The van der Waals surface area contributed by atoms with Gasteiger partial charge in [0.1, 0.15) is 0 Å². The molecule has 0 aliphatic heterocycles. The van der Waals surface area contributed by atoms with E-state index in [1.165, 1.54) is 0 Å². The van der Waals surface area contributed by atoms with Gasteiger partial charge in [-0.2, -0.15) is 0 Å². The molecule has 0 fully saturated rings. The first-order valence-corrected chi connectivity index (χ1v) is 7.94. The lowest BCUT2D eigenvalue weighted by atomic mass is 10.1. The monoisotopic (exact) mass is 348 g/mol. The smallest absolute Gasteiger partial charge is 0.224 e. The Kier molecular flexibility index (Phi) is 8.90. The van der Waals surface area contributed by atoms with Crippen LogP contribution < -0.4 is 11.1 Å². The molecule has 0 spiro atoms. The highest BCUT2D eigenvalue weighted by Gasteiger charge is 2.06. The molecule has 0 heterocycles. The van der Waals surface area contributed by atoms with Gasteiger partial charge in [-0.25, -0.2) is 0 Å². The molecular weight excluding hydrogens is 324 g/mol. The highest BCUT2D eigenvalue weighted by atomic mass is 35.5. The molecule has 0 saturated heterocycles. The number of amides is 1. The van der Waals surface area contributed by atoms with Crippen molar-refractivity contribution in [3.8, 4) is 0 Å². The third kappa shape index (κ3) is 6.60. The number of hydrogen-bond donors (Lipinski definition) is 2. The minimum absolute atomic E-state index is 0. The largest absolute Gasteiger partial charge is 0.399 e. The molecule has 0 aromatic heterocycles. The fourth-order valence-corrected chi connectivity index (χ4v) is 2.27. The van der Waals surface area contributed by atoms with Gasteiger partial charge >= 0.3 is 0 Å². The maximum Gasteiger partial charge on any atom is 0.224 e. The summed E-state index contributed by atoms with van der Waals surface area (Å²) in [4.78, 5) is 12.1. The number of carbonyl (C=O) groups excluding carboxylic acids is 1. The van der Waals surface area contributed by atoms with Crippen LogP contribution in [0.3, 0.4) is 0 Å². The molecule has 2 rings (SSSR count). The Bertz CT molecular complexity index is 630. The van der Waals surface area contributed by atoms with Crippen molar-refractivity contribution in [2.24, 2.45) is 0 Å². The van der Waals surface area contributed by atoms with Crippen LogP contribution in [0, 0.1) is 0 Å². The molecule has 0 unspecified atom stereocenters. The van der Waals surface area contributed by atoms with Crippen LogP contribution in [0.5, 0.6) is 0 Å². The summed E-state index contributed by atoms with van der Waals surface area (Å²) < 4.78 is 5.60. The molecule has 3 N–H and O–H groups in total. The highest BCUT2D eigenvalue weighted by molar-refractivity contribution is 5.85. The van der Waals surface area contributed by atoms with Crippen LogP contribution in [0.15, 0.2) is 48.5 Å². The molecular formula is C19H25ClN2O2. The fourth-order valence-electron chi connectivity index (χ4n) is 2.27. The summed E-state index contributed by atoms with van der Waals surface area (Å²) in [7, 11) is 0. The van der Waals surface area contributed by atoms with Crippen LogP contribution in [0.2, 0.25) is 0 Å². The summed E-state index contributed by atoms with van der Waals surface area (Å²) in [5, 5.41) is 2.97. The number of anilines is 1. The van der Waals surface area contributed by atoms with Crippen molar-refractivity contribution < 1.29 is 9.53 Å². The van der Waals surface area contributed by atoms with Gasteiger partial charge in [-0.3, -0.25) is 4.79 Å². The van der Waals surface area contributed by atoms with Gasteiger partial charge in [-0.15, -0.1) is 12.4 Å². The maximum absolute atomic E-state index is 12.1. The molecule has 0 radical (unpaired) electrons. The number of halogens is 1. The van der Waals surface area contributed by atoms with Crippen molar-refractivity contribution in [3.05, 3.63) is 65.2 Å². The number of nitrogen functional groups attached to an aromatic ring is 1. The van der Waals surface area contributed by atoms with E-state index < -0.39 is 0 Å². The second-order valence-electron chi connectivity index (χ2n) is 5.52. The zero-order chi connectivity index (χ0) is 16.5. The van der Waals surface area contributed by atoms with Gasteiger partial charge in [0.25, 0.3) is 0 Å². The summed E-state index contributed by atoms with van der Waals surface area (Å²) in [6.45, 7) is 3.93. The van der Waals surface area contributed by atoms with Gasteiger partial charge in [0.2, 0.25) is 5.91 Å². The van der Waals surface area contributed by atoms with Crippen molar-refractivity contribution in [1.29, 1.82) is 0 Å². The van der Waals surface area contributed by atoms with E-state index in [1.54, 1.807) is 0 Å². The number of rotatable bonds is 8. The number of carbonyl (C=O) groups is 1. The van der Waals surface area contributed by atoms with Gasteiger partial charge in [0, 0.05) is 18.8 Å². The molecule has 2 aromatic carbocycles. The van der Waals surface area contributed by atoms with Crippen molar-refractivity contribution in [3.63, 3.8) is 0 Å². The van der Waals surface area contributed by atoms with Crippen molar-refractivity contribution in [1.82, 2.24) is 5.32 Å². The molecule has 0 saturated carbocycles. The quantitative estimate of drug-likeness (QED) is 0.567. The molecule has 1 amide bonds. The van der Waals surface area contributed by atoms with E-state index in [0.29, 0.717) is 25.3 Å². The predicted molar refractivity (Wildman–Crippen MR) is 100 cm³/mol. The Labute approximate surface area is 149 Å². The SMILES string of the molecule is CCCOCc1ccccc1CNC(=O)Cc1ccc(N)cc1.Cl. The second-order valence-corrected chi connectivity index (χ2v) is 5.52.